The van der Waals surface area contributed by atoms with E-state index in [1.54, 1.807) is 24.3 Å². The monoisotopic (exact) mass is 1640 g/mol. The molecule has 129 heavy (non-hydrogen) atoms. The van der Waals surface area contributed by atoms with Gasteiger partial charge in [-0.3, -0.25) is 0 Å². The Balaban J connectivity index is 0.786. The fraction of sp³-hybridized carbons (Fsp3) is 0.00826. The van der Waals surface area contributed by atoms with Gasteiger partial charge in [-0.05, 0) is 228 Å². The van der Waals surface area contributed by atoms with Crippen molar-refractivity contribution in [2.24, 2.45) is 0 Å². The molecule has 8 N–H and O–H groups in total. The quantitative estimate of drug-likeness (QED) is 0.0808. The topological polar surface area (TPSA) is 162 Å². The predicted octanol–water partition coefficient (Wildman–Crippen LogP) is 25.1. The van der Waals surface area contributed by atoms with Crippen LogP contribution in [0.25, 0.3) is 153 Å². The van der Waals surface area contributed by atoms with Gasteiger partial charge in [-0.25, -0.2) is 0 Å². The Bertz CT molecular complexity index is 7960. The standard InChI is InChI=1S/C121H64O8/c1-5-73-61-77-25-9-17-33-89(77)105(113(73)122)109-93-37-21-13-29-81(93)65-85(117(109)126)49-41-69-45-53-97-98-54-46-70(42-50-86-66-82-30-14-22-38-94(82)110(118(86)127)106-90-34-18-10-26-78(90)62-74(6-2)114(106)123)58-102(98)121(101(97)57-69)103-59-71(43-51-87-67-83-31-15-23-39-95(83)111(119(87)128)107-91-35-19-11-27-79(91)63-75(7-3)115(107)124)47-55-99(103)100-56-48-72(60-104(100)121)44-52-88-68-84-32-16-24-40-96(84)112(120(88)129)108-92-36-20-12-28-80(92)64-76(8-4)116(108)125/h1-4,9-40,45-48,53-68,122-129H. The molecule has 0 amide bonds. The number of hydrogen-bond acceptors (Lipinski definition) is 8. The molecule has 2 aliphatic rings. The van der Waals surface area contributed by atoms with Crippen LogP contribution in [0.2, 0.25) is 0 Å². The molecule has 20 aromatic rings. The van der Waals surface area contributed by atoms with E-state index in [9.17, 15) is 40.9 Å². The molecule has 0 fully saturated rings. The van der Waals surface area contributed by atoms with Crippen molar-refractivity contribution < 1.29 is 40.9 Å². The minimum atomic E-state index is -1.31. The average molecular weight is 1650 g/mol. The average Bonchev–Trinajstić information content (AvgIpc) is 1.50. The van der Waals surface area contributed by atoms with E-state index in [2.05, 4.69) is 120 Å². The van der Waals surface area contributed by atoms with Crippen LogP contribution in [0, 0.1) is 96.7 Å². The van der Waals surface area contributed by atoms with E-state index in [0.29, 0.717) is 110 Å². The van der Waals surface area contributed by atoms with E-state index in [0.717, 1.165) is 87.6 Å². The summed E-state index contributed by atoms with van der Waals surface area (Å²) in [6, 6.07) is 99.7. The summed E-state index contributed by atoms with van der Waals surface area (Å²) in [6.07, 6.45) is 24.4. The third-order valence-electron chi connectivity index (χ3n) is 25.4. The summed E-state index contributed by atoms with van der Waals surface area (Å²) in [5.74, 6) is 37.1. The molecular weight excluding hydrogens is 1580 g/mol. The summed E-state index contributed by atoms with van der Waals surface area (Å²) >= 11 is 0. The van der Waals surface area contributed by atoms with E-state index in [4.69, 9.17) is 25.7 Å². The van der Waals surface area contributed by atoms with Crippen molar-refractivity contribution in [3.63, 3.8) is 0 Å². The minimum absolute atomic E-state index is 0.157. The molecule has 0 heterocycles. The number of phenolic OH excluding ortho intramolecular Hbond substituents is 8. The lowest BCUT2D eigenvalue weighted by Crippen LogP contribution is -2.26. The molecule has 0 aromatic heterocycles. The third-order valence-corrected chi connectivity index (χ3v) is 25.4. The zero-order chi connectivity index (χ0) is 87.8. The van der Waals surface area contributed by atoms with Crippen molar-refractivity contribution in [1.82, 2.24) is 0 Å². The maximum absolute atomic E-state index is 13.0. The van der Waals surface area contributed by atoms with Crippen LogP contribution >= 0.6 is 0 Å². The Morgan fingerprint density at radius 3 is 0.496 bits per heavy atom. The molecule has 8 heteroatoms. The lowest BCUT2D eigenvalue weighted by Gasteiger charge is -2.31. The van der Waals surface area contributed by atoms with Gasteiger partial charge in [-0.2, -0.15) is 0 Å². The molecule has 0 bridgehead atoms. The number of terminal acetylenes is 4. The molecular formula is C121H64O8. The molecule has 596 valence electrons. The fourth-order valence-corrected chi connectivity index (χ4v) is 19.6. The first-order valence-corrected chi connectivity index (χ1v) is 41.6. The number of rotatable bonds is 4. The molecule has 20 aromatic carbocycles. The van der Waals surface area contributed by atoms with Crippen LogP contribution in [0.1, 0.15) is 89.0 Å². The van der Waals surface area contributed by atoms with Crippen LogP contribution in [-0.4, -0.2) is 40.9 Å². The predicted molar refractivity (Wildman–Crippen MR) is 519 cm³/mol. The molecule has 22 rings (SSSR count). The van der Waals surface area contributed by atoms with Crippen LogP contribution in [0.15, 0.2) is 315 Å². The van der Waals surface area contributed by atoms with Crippen molar-refractivity contribution in [2.45, 2.75) is 5.41 Å². The normalized spacial score (nSPS) is 11.8. The van der Waals surface area contributed by atoms with E-state index < -0.39 is 5.41 Å². The highest BCUT2D eigenvalue weighted by atomic mass is 16.3. The lowest BCUT2D eigenvalue weighted by molar-refractivity contribution is 0.468. The molecule has 0 atom stereocenters. The summed E-state index contributed by atoms with van der Waals surface area (Å²) < 4.78 is 0. The van der Waals surface area contributed by atoms with Gasteiger partial charge < -0.3 is 40.9 Å². The van der Waals surface area contributed by atoms with Crippen LogP contribution in [-0.2, 0) is 5.41 Å². The molecule has 0 saturated heterocycles. The maximum Gasteiger partial charge on any atom is 0.139 e. The van der Waals surface area contributed by atoms with Gasteiger partial charge in [0.15, 0.2) is 0 Å². The van der Waals surface area contributed by atoms with Crippen LogP contribution in [0.5, 0.6) is 46.0 Å². The van der Waals surface area contributed by atoms with Gasteiger partial charge in [-0.15, -0.1) is 25.7 Å². The highest BCUT2D eigenvalue weighted by molar-refractivity contribution is 6.16. The van der Waals surface area contributed by atoms with Gasteiger partial charge in [0.1, 0.15) is 46.0 Å². The van der Waals surface area contributed by atoms with E-state index in [1.807, 2.05) is 243 Å². The number of aromatic hydroxyl groups is 8. The smallest absolute Gasteiger partial charge is 0.139 e. The van der Waals surface area contributed by atoms with Gasteiger partial charge >= 0.3 is 0 Å². The highest BCUT2D eigenvalue weighted by Crippen LogP contribution is 2.64. The summed E-state index contributed by atoms with van der Waals surface area (Å²) in [5.41, 5.74) is 12.7. The summed E-state index contributed by atoms with van der Waals surface area (Å²) in [6.45, 7) is 0. The SMILES string of the molecule is C#Cc1cc2ccccc2c(-c2c(O)c(C#Cc3ccc4c(c3)C3(c5cc(C#Cc6cc7ccccc7c(-c7c(O)c(C#C)cc8ccccc78)c6O)ccc5-4)c4cc(C#Cc5cc6ccccc6c(-c6c(O)c(C#C)cc7ccccc67)c5O)ccc4-c4ccc(C#Cc5cc6ccccc6c(-c6c(O)c(C#C)cc7ccccc67)c5O)cc43)cc3ccccc23)c1O. The third kappa shape index (κ3) is 11.9. The first kappa shape index (κ1) is 76.5. The van der Waals surface area contributed by atoms with E-state index in [1.165, 1.54) is 0 Å². The molecule has 2 aliphatic carbocycles. The molecule has 0 unspecified atom stereocenters. The Kier molecular flexibility index (Phi) is 17.7. The largest absolute Gasteiger partial charge is 0.506 e. The first-order chi connectivity index (χ1) is 63.1. The van der Waals surface area contributed by atoms with E-state index in [-0.39, 0.29) is 90.5 Å². The van der Waals surface area contributed by atoms with Crippen molar-refractivity contribution in [1.29, 1.82) is 0 Å². The lowest BCUT2D eigenvalue weighted by atomic mass is 9.69. The summed E-state index contributed by atoms with van der Waals surface area (Å²) in [7, 11) is 0. The summed E-state index contributed by atoms with van der Waals surface area (Å²) in [4.78, 5) is 0. The number of hydrogen-bond donors (Lipinski definition) is 8. The van der Waals surface area contributed by atoms with Gasteiger partial charge in [0.25, 0.3) is 0 Å². The second-order valence-corrected chi connectivity index (χ2v) is 32.3. The first-order valence-electron chi connectivity index (χ1n) is 41.6. The second kappa shape index (κ2) is 29.9. The zero-order valence-electron chi connectivity index (χ0n) is 68.4. The Labute approximate surface area is 741 Å². The number of fused-ring (bicyclic) bond motifs is 18. The van der Waals surface area contributed by atoms with Crippen molar-refractivity contribution in [3.8, 4) is 209 Å². The zero-order valence-corrected chi connectivity index (χ0v) is 68.4. The van der Waals surface area contributed by atoms with Gasteiger partial charge in [-0.1, -0.05) is 289 Å². The Hall–Kier alpha value is -18.6. The van der Waals surface area contributed by atoms with Crippen LogP contribution in [0.3, 0.4) is 0 Å². The van der Waals surface area contributed by atoms with Crippen molar-refractivity contribution in [2.75, 3.05) is 0 Å². The molecule has 8 nitrogen and oxygen atoms in total. The maximum atomic E-state index is 13.0. The minimum Gasteiger partial charge on any atom is -0.506 e. The molecule has 0 saturated carbocycles. The van der Waals surface area contributed by atoms with Crippen LogP contribution < -0.4 is 0 Å². The van der Waals surface area contributed by atoms with Crippen molar-refractivity contribution in [3.05, 3.63) is 404 Å². The fourth-order valence-electron chi connectivity index (χ4n) is 19.6. The molecule has 0 radical (unpaired) electrons. The number of phenols is 8. The van der Waals surface area contributed by atoms with Crippen LogP contribution in [0.4, 0.5) is 0 Å². The molecule has 0 aliphatic heterocycles. The van der Waals surface area contributed by atoms with E-state index >= 15 is 0 Å². The highest BCUT2D eigenvalue weighted by Gasteiger charge is 2.52. The summed E-state index contributed by atoms with van der Waals surface area (Å²) in [5, 5.41) is 112. The van der Waals surface area contributed by atoms with Gasteiger partial charge in [0, 0.05) is 66.8 Å². The van der Waals surface area contributed by atoms with Gasteiger partial charge in [0.2, 0.25) is 0 Å². The molecule has 1 spiro atoms. The van der Waals surface area contributed by atoms with Crippen molar-refractivity contribution >= 4 is 86.2 Å². The van der Waals surface area contributed by atoms with Gasteiger partial charge in [0.05, 0.1) is 49.9 Å². The number of benzene rings is 20. The Morgan fingerprint density at radius 1 is 0.171 bits per heavy atom. The Morgan fingerprint density at radius 2 is 0.326 bits per heavy atom. The second-order valence-electron chi connectivity index (χ2n) is 32.3.